The van der Waals surface area contributed by atoms with E-state index in [1.54, 1.807) is 29.2 Å². The lowest BCUT2D eigenvalue weighted by molar-refractivity contribution is 0.0674. The zero-order valence-electron chi connectivity index (χ0n) is 16.1. The molecule has 1 unspecified atom stereocenters. The van der Waals surface area contributed by atoms with Crippen molar-refractivity contribution >= 4 is 0 Å². The third-order valence-electron chi connectivity index (χ3n) is 6.01. The summed E-state index contributed by atoms with van der Waals surface area (Å²) in [4.78, 5) is 21.3. The molecule has 0 N–H and O–H groups in total. The molecule has 4 rings (SSSR count). The van der Waals surface area contributed by atoms with Crippen molar-refractivity contribution in [2.24, 2.45) is 5.92 Å². The number of hydrogen-bond acceptors (Lipinski definition) is 5. The predicted octanol–water partition coefficient (Wildman–Crippen LogP) is 2.11. The molecule has 144 valence electrons. The van der Waals surface area contributed by atoms with Gasteiger partial charge in [-0.2, -0.15) is 5.10 Å². The molecule has 0 aromatic carbocycles. The van der Waals surface area contributed by atoms with Gasteiger partial charge in [0.15, 0.2) is 0 Å². The fourth-order valence-electron chi connectivity index (χ4n) is 4.32. The van der Waals surface area contributed by atoms with Crippen LogP contribution in [0.25, 0.3) is 11.3 Å². The zero-order valence-corrected chi connectivity index (χ0v) is 16.1. The van der Waals surface area contributed by atoms with Crippen molar-refractivity contribution in [1.82, 2.24) is 24.6 Å². The molecule has 2 aromatic rings. The molecule has 0 saturated carbocycles. The molecule has 0 radical (unpaired) electrons. The number of nitrogens with zero attached hydrogens (tertiary/aromatic N) is 5. The van der Waals surface area contributed by atoms with Gasteiger partial charge in [0.25, 0.3) is 5.56 Å². The van der Waals surface area contributed by atoms with E-state index in [0.29, 0.717) is 12.5 Å². The molecule has 6 heteroatoms. The van der Waals surface area contributed by atoms with Crippen molar-refractivity contribution in [2.75, 3.05) is 33.2 Å². The number of aromatic nitrogens is 3. The summed E-state index contributed by atoms with van der Waals surface area (Å²) in [5.74, 6) is 0.520. The molecule has 0 bridgehead atoms. The van der Waals surface area contributed by atoms with Gasteiger partial charge < -0.3 is 9.80 Å². The van der Waals surface area contributed by atoms with Crippen LogP contribution in [0.15, 0.2) is 41.5 Å². The topological polar surface area (TPSA) is 54.3 Å². The van der Waals surface area contributed by atoms with Gasteiger partial charge in [-0.15, -0.1) is 0 Å². The van der Waals surface area contributed by atoms with Gasteiger partial charge in [0.2, 0.25) is 0 Å². The van der Waals surface area contributed by atoms with Gasteiger partial charge in [-0.1, -0.05) is 6.42 Å². The minimum absolute atomic E-state index is 0.0184. The van der Waals surface area contributed by atoms with Crippen LogP contribution in [0.2, 0.25) is 0 Å². The van der Waals surface area contributed by atoms with Crippen molar-refractivity contribution in [3.8, 4) is 11.3 Å². The maximum atomic E-state index is 12.2. The van der Waals surface area contributed by atoms with E-state index in [9.17, 15) is 4.79 Å². The summed E-state index contributed by atoms with van der Waals surface area (Å²) < 4.78 is 1.63. The lowest BCUT2D eigenvalue weighted by Gasteiger charge is -2.41. The van der Waals surface area contributed by atoms with Crippen molar-refractivity contribution < 1.29 is 0 Å². The first-order chi connectivity index (χ1) is 13.2. The Morgan fingerprint density at radius 3 is 2.70 bits per heavy atom. The summed E-state index contributed by atoms with van der Waals surface area (Å²) >= 11 is 0. The van der Waals surface area contributed by atoms with Crippen LogP contribution in [0.3, 0.4) is 0 Å². The number of piperidine rings is 1. The van der Waals surface area contributed by atoms with E-state index in [0.717, 1.165) is 30.4 Å². The van der Waals surface area contributed by atoms with Crippen molar-refractivity contribution in [2.45, 2.75) is 38.3 Å². The molecule has 0 amide bonds. The van der Waals surface area contributed by atoms with Crippen LogP contribution in [-0.2, 0) is 6.54 Å². The lowest BCUT2D eigenvalue weighted by Crippen LogP contribution is -2.51. The summed E-state index contributed by atoms with van der Waals surface area (Å²) in [6, 6.07) is 8.01. The van der Waals surface area contributed by atoms with Gasteiger partial charge >= 0.3 is 0 Å². The molecule has 4 heterocycles. The Balaban J connectivity index is 1.29. The average Bonchev–Trinajstić information content (AvgIpc) is 2.67. The Kier molecular flexibility index (Phi) is 5.64. The van der Waals surface area contributed by atoms with E-state index in [4.69, 9.17) is 0 Å². The molecular formula is C21H29N5O. The van der Waals surface area contributed by atoms with Crippen LogP contribution in [0, 0.1) is 5.92 Å². The third kappa shape index (κ3) is 4.45. The number of rotatable bonds is 6. The highest BCUT2D eigenvalue weighted by molar-refractivity contribution is 5.56. The fraction of sp³-hybridized carbons (Fsp3) is 0.571. The number of likely N-dealkylation sites (tertiary alicyclic amines) is 2. The second-order valence-electron chi connectivity index (χ2n) is 8.02. The molecule has 2 aromatic heterocycles. The molecule has 2 aliphatic rings. The van der Waals surface area contributed by atoms with Gasteiger partial charge in [-0.25, -0.2) is 4.68 Å². The van der Waals surface area contributed by atoms with Crippen molar-refractivity contribution in [3.63, 3.8) is 0 Å². The monoisotopic (exact) mass is 367 g/mol. The largest absolute Gasteiger partial charge is 0.303 e. The van der Waals surface area contributed by atoms with Crippen molar-refractivity contribution in [1.29, 1.82) is 0 Å². The van der Waals surface area contributed by atoms with E-state index in [2.05, 4.69) is 26.9 Å². The molecule has 1 atom stereocenters. The Morgan fingerprint density at radius 2 is 1.93 bits per heavy atom. The quantitative estimate of drug-likeness (QED) is 0.783. The summed E-state index contributed by atoms with van der Waals surface area (Å²) in [7, 11) is 2.26. The Hall–Kier alpha value is -2.05. The van der Waals surface area contributed by atoms with E-state index >= 15 is 0 Å². The molecule has 2 saturated heterocycles. The zero-order chi connectivity index (χ0) is 18.6. The summed E-state index contributed by atoms with van der Waals surface area (Å²) in [6.45, 7) is 5.27. The van der Waals surface area contributed by atoms with Crippen LogP contribution < -0.4 is 5.56 Å². The number of hydrogen-bond donors (Lipinski definition) is 0. The van der Waals surface area contributed by atoms with E-state index in [1.165, 1.54) is 38.8 Å². The molecular weight excluding hydrogens is 338 g/mol. The minimum Gasteiger partial charge on any atom is -0.303 e. The third-order valence-corrected chi connectivity index (χ3v) is 6.01. The summed E-state index contributed by atoms with van der Waals surface area (Å²) in [5.41, 5.74) is 1.80. The minimum atomic E-state index is -0.0184. The maximum absolute atomic E-state index is 12.2. The van der Waals surface area contributed by atoms with Crippen LogP contribution in [0.1, 0.15) is 25.7 Å². The first-order valence-corrected chi connectivity index (χ1v) is 10.1. The first-order valence-electron chi connectivity index (χ1n) is 10.1. The van der Waals surface area contributed by atoms with Gasteiger partial charge in [0.1, 0.15) is 0 Å². The predicted molar refractivity (Wildman–Crippen MR) is 107 cm³/mol. The Labute approximate surface area is 160 Å². The standard InChI is InChI=1S/C21H29N5O/c1-24-12-3-2-4-19(24)9-13-25-14-17(15-25)16-26-21(27)6-5-20(23-26)18-7-10-22-11-8-18/h5-8,10-11,17,19H,2-4,9,12-16H2,1H3. The fourth-order valence-corrected chi connectivity index (χ4v) is 4.32. The van der Waals surface area contributed by atoms with Gasteiger partial charge in [0, 0.05) is 49.1 Å². The smallest absolute Gasteiger partial charge is 0.266 e. The van der Waals surface area contributed by atoms with Crippen molar-refractivity contribution in [3.05, 3.63) is 47.0 Å². The van der Waals surface area contributed by atoms with Crippen LogP contribution >= 0.6 is 0 Å². The highest BCUT2D eigenvalue weighted by Gasteiger charge is 2.28. The highest BCUT2D eigenvalue weighted by Crippen LogP contribution is 2.22. The van der Waals surface area contributed by atoms with E-state index < -0.39 is 0 Å². The number of pyridine rings is 1. The van der Waals surface area contributed by atoms with E-state index in [-0.39, 0.29) is 5.56 Å². The molecule has 0 spiro atoms. The van der Waals surface area contributed by atoms with Crippen LogP contribution in [0.5, 0.6) is 0 Å². The SMILES string of the molecule is CN1CCCCC1CCN1CC(Cn2nc(-c3ccncc3)ccc2=O)C1. The van der Waals surface area contributed by atoms with Crippen LogP contribution in [-0.4, -0.2) is 63.8 Å². The molecule has 0 aliphatic carbocycles. The van der Waals surface area contributed by atoms with Gasteiger partial charge in [-0.3, -0.25) is 9.78 Å². The molecule has 2 aliphatic heterocycles. The van der Waals surface area contributed by atoms with Gasteiger partial charge in [0.05, 0.1) is 12.2 Å². The normalized spacial score (nSPS) is 21.9. The molecule has 27 heavy (non-hydrogen) atoms. The molecule has 6 nitrogen and oxygen atoms in total. The lowest BCUT2D eigenvalue weighted by atomic mass is 9.96. The highest BCUT2D eigenvalue weighted by atomic mass is 16.1. The van der Waals surface area contributed by atoms with Crippen LogP contribution in [0.4, 0.5) is 0 Å². The Morgan fingerprint density at radius 1 is 1.11 bits per heavy atom. The average molecular weight is 367 g/mol. The Bertz CT molecular complexity index is 800. The summed E-state index contributed by atoms with van der Waals surface area (Å²) in [5, 5.41) is 4.57. The second-order valence-corrected chi connectivity index (χ2v) is 8.02. The first kappa shape index (κ1) is 18.3. The van der Waals surface area contributed by atoms with Gasteiger partial charge in [-0.05, 0) is 57.6 Å². The van der Waals surface area contributed by atoms with E-state index in [1.807, 2.05) is 12.1 Å². The molecule has 2 fully saturated rings. The second kappa shape index (κ2) is 8.31. The maximum Gasteiger partial charge on any atom is 0.266 e. The summed E-state index contributed by atoms with van der Waals surface area (Å²) in [6.07, 6.45) is 8.83.